The van der Waals surface area contributed by atoms with Crippen LogP contribution in [0.15, 0.2) is 18.2 Å². The molecule has 0 saturated carbocycles. The number of rotatable bonds is 5. The summed E-state index contributed by atoms with van der Waals surface area (Å²) in [6.45, 7) is -0.743. The Morgan fingerprint density at radius 2 is 2.19 bits per heavy atom. The summed E-state index contributed by atoms with van der Waals surface area (Å²) >= 11 is 0. The fourth-order valence-electron chi connectivity index (χ4n) is 1.12. The van der Waals surface area contributed by atoms with E-state index in [1.165, 1.54) is 19.2 Å². The number of ether oxygens (including phenoxy) is 2. The minimum Gasteiger partial charge on any atom is -0.497 e. The van der Waals surface area contributed by atoms with Crippen molar-refractivity contribution in [3.8, 4) is 11.5 Å². The molecule has 6 heteroatoms. The molecular weight excluding hydrogens is 218 g/mol. The highest BCUT2D eigenvalue weighted by Gasteiger charge is 2.11. The maximum Gasteiger partial charge on any atom is 0.272 e. The van der Waals surface area contributed by atoms with Gasteiger partial charge in [0.15, 0.2) is 0 Å². The maximum atomic E-state index is 12.0. The maximum absolute atomic E-state index is 12.0. The van der Waals surface area contributed by atoms with Gasteiger partial charge >= 0.3 is 0 Å². The molecule has 0 bridgehead atoms. The molecule has 0 atom stereocenters. The van der Waals surface area contributed by atoms with Crippen LogP contribution in [0.5, 0.6) is 11.5 Å². The third-order valence-corrected chi connectivity index (χ3v) is 1.84. The second-order valence-corrected chi connectivity index (χ2v) is 2.98. The van der Waals surface area contributed by atoms with Crippen molar-refractivity contribution < 1.29 is 18.3 Å². The van der Waals surface area contributed by atoms with E-state index in [0.29, 0.717) is 5.75 Å². The summed E-state index contributed by atoms with van der Waals surface area (Å²) in [5.41, 5.74) is 5.55. The SMILES string of the molecule is COc1ccc(C(=N)N)c(OCC(F)F)c1. The summed E-state index contributed by atoms with van der Waals surface area (Å²) in [6.07, 6.45) is -2.58. The number of amidine groups is 1. The fraction of sp³-hybridized carbons (Fsp3) is 0.300. The van der Waals surface area contributed by atoms with Crippen molar-refractivity contribution in [1.29, 1.82) is 5.41 Å². The van der Waals surface area contributed by atoms with Gasteiger partial charge in [0.2, 0.25) is 0 Å². The van der Waals surface area contributed by atoms with Crippen LogP contribution in [0.3, 0.4) is 0 Å². The minimum absolute atomic E-state index is 0.118. The van der Waals surface area contributed by atoms with Gasteiger partial charge in [-0.2, -0.15) is 0 Å². The number of nitrogens with two attached hydrogens (primary N) is 1. The molecule has 0 aliphatic rings. The number of hydrogen-bond donors (Lipinski definition) is 2. The summed E-state index contributed by atoms with van der Waals surface area (Å²) in [4.78, 5) is 0. The van der Waals surface area contributed by atoms with Crippen LogP contribution < -0.4 is 15.2 Å². The lowest BCUT2D eigenvalue weighted by molar-refractivity contribution is 0.0817. The molecule has 0 aliphatic carbocycles. The number of nitrogen functional groups attached to an aromatic ring is 1. The van der Waals surface area contributed by atoms with Crippen molar-refractivity contribution in [2.24, 2.45) is 5.73 Å². The summed E-state index contributed by atoms with van der Waals surface area (Å²) in [6, 6.07) is 4.48. The molecule has 1 aromatic rings. The van der Waals surface area contributed by atoms with Crippen LogP contribution in [-0.4, -0.2) is 26.0 Å². The zero-order chi connectivity index (χ0) is 12.1. The molecule has 0 aromatic heterocycles. The van der Waals surface area contributed by atoms with E-state index in [2.05, 4.69) is 0 Å². The van der Waals surface area contributed by atoms with Crippen molar-refractivity contribution >= 4 is 5.84 Å². The Labute approximate surface area is 91.5 Å². The van der Waals surface area contributed by atoms with Crippen molar-refractivity contribution in [3.63, 3.8) is 0 Å². The molecule has 0 aliphatic heterocycles. The number of nitrogens with one attached hydrogen (secondary N) is 1. The Balaban J connectivity index is 2.96. The fourth-order valence-corrected chi connectivity index (χ4v) is 1.12. The standard InChI is InChI=1S/C10H12F2N2O2/c1-15-6-2-3-7(10(13)14)8(4-6)16-5-9(11)12/h2-4,9H,5H2,1H3,(H3,13,14). The van der Waals surface area contributed by atoms with Gasteiger partial charge in [0.05, 0.1) is 12.7 Å². The first-order chi connectivity index (χ1) is 7.54. The lowest BCUT2D eigenvalue weighted by Gasteiger charge is -2.11. The number of benzene rings is 1. The Kier molecular flexibility index (Phi) is 4.04. The number of methoxy groups -OCH3 is 1. The van der Waals surface area contributed by atoms with Crippen LogP contribution in [-0.2, 0) is 0 Å². The summed E-state index contributed by atoms with van der Waals surface area (Å²) in [5, 5.41) is 7.26. The van der Waals surface area contributed by atoms with E-state index in [1.54, 1.807) is 6.07 Å². The van der Waals surface area contributed by atoms with Gasteiger partial charge in [-0.25, -0.2) is 8.78 Å². The van der Waals surface area contributed by atoms with Crippen LogP contribution in [0.2, 0.25) is 0 Å². The average Bonchev–Trinajstić information content (AvgIpc) is 2.25. The summed E-state index contributed by atoms with van der Waals surface area (Å²) in [7, 11) is 1.44. The van der Waals surface area contributed by atoms with E-state index in [9.17, 15) is 8.78 Å². The van der Waals surface area contributed by atoms with E-state index in [-0.39, 0.29) is 17.1 Å². The van der Waals surface area contributed by atoms with Gasteiger partial charge in [0.25, 0.3) is 6.43 Å². The first kappa shape index (κ1) is 12.2. The van der Waals surface area contributed by atoms with Crippen LogP contribution in [0.1, 0.15) is 5.56 Å². The molecule has 88 valence electrons. The van der Waals surface area contributed by atoms with Gasteiger partial charge in [-0.05, 0) is 12.1 Å². The molecule has 1 rings (SSSR count). The quantitative estimate of drug-likeness (QED) is 0.596. The molecule has 0 fully saturated rings. The van der Waals surface area contributed by atoms with Crippen molar-refractivity contribution in [1.82, 2.24) is 0 Å². The smallest absolute Gasteiger partial charge is 0.272 e. The molecule has 0 heterocycles. The highest BCUT2D eigenvalue weighted by atomic mass is 19.3. The largest absolute Gasteiger partial charge is 0.497 e. The van der Waals surface area contributed by atoms with E-state index in [4.69, 9.17) is 20.6 Å². The zero-order valence-corrected chi connectivity index (χ0v) is 8.67. The van der Waals surface area contributed by atoms with Crippen molar-refractivity contribution in [2.45, 2.75) is 6.43 Å². The summed E-state index contributed by atoms with van der Waals surface area (Å²) in [5.74, 6) is 0.327. The number of halogens is 2. The first-order valence-corrected chi connectivity index (χ1v) is 4.48. The van der Waals surface area contributed by atoms with Gasteiger partial charge in [-0.3, -0.25) is 5.41 Å². The van der Waals surface area contributed by atoms with Gasteiger partial charge in [0.1, 0.15) is 23.9 Å². The Bertz CT molecular complexity index is 383. The molecule has 0 spiro atoms. The lowest BCUT2D eigenvalue weighted by atomic mass is 10.2. The minimum atomic E-state index is -2.58. The molecule has 0 amide bonds. The first-order valence-electron chi connectivity index (χ1n) is 4.48. The van der Waals surface area contributed by atoms with Gasteiger partial charge < -0.3 is 15.2 Å². The highest BCUT2D eigenvalue weighted by molar-refractivity contribution is 5.97. The van der Waals surface area contributed by atoms with Crippen LogP contribution >= 0.6 is 0 Å². The van der Waals surface area contributed by atoms with Crippen LogP contribution in [0, 0.1) is 5.41 Å². The average molecular weight is 230 g/mol. The number of alkyl halides is 2. The molecular formula is C10H12F2N2O2. The van der Waals surface area contributed by atoms with E-state index in [1.807, 2.05) is 0 Å². The Morgan fingerprint density at radius 3 is 2.69 bits per heavy atom. The highest BCUT2D eigenvalue weighted by Crippen LogP contribution is 2.24. The molecule has 0 saturated heterocycles. The predicted molar refractivity (Wildman–Crippen MR) is 55.5 cm³/mol. The second kappa shape index (κ2) is 5.29. The van der Waals surface area contributed by atoms with Crippen molar-refractivity contribution in [3.05, 3.63) is 23.8 Å². The summed E-state index contributed by atoms with van der Waals surface area (Å²) < 4.78 is 33.8. The zero-order valence-electron chi connectivity index (χ0n) is 8.67. The van der Waals surface area contributed by atoms with E-state index < -0.39 is 13.0 Å². The van der Waals surface area contributed by atoms with Crippen LogP contribution in [0.4, 0.5) is 8.78 Å². The normalized spacial score (nSPS) is 10.2. The third-order valence-electron chi connectivity index (χ3n) is 1.84. The van der Waals surface area contributed by atoms with Crippen molar-refractivity contribution in [2.75, 3.05) is 13.7 Å². The van der Waals surface area contributed by atoms with E-state index >= 15 is 0 Å². The van der Waals surface area contributed by atoms with Crippen LogP contribution in [0.25, 0.3) is 0 Å². The Morgan fingerprint density at radius 1 is 1.50 bits per heavy atom. The van der Waals surface area contributed by atoms with Gasteiger partial charge in [-0.15, -0.1) is 0 Å². The molecule has 1 aromatic carbocycles. The second-order valence-electron chi connectivity index (χ2n) is 2.98. The van der Waals surface area contributed by atoms with Gasteiger partial charge in [0, 0.05) is 6.07 Å². The predicted octanol–water partition coefficient (Wildman–Crippen LogP) is 1.62. The van der Waals surface area contributed by atoms with E-state index in [0.717, 1.165) is 0 Å². The molecule has 0 radical (unpaired) electrons. The lowest BCUT2D eigenvalue weighted by Crippen LogP contribution is -2.15. The molecule has 3 N–H and O–H groups in total. The molecule has 0 unspecified atom stereocenters. The van der Waals surface area contributed by atoms with Gasteiger partial charge in [-0.1, -0.05) is 0 Å². The molecule has 4 nitrogen and oxygen atoms in total. The Hall–Kier alpha value is -1.85. The topological polar surface area (TPSA) is 68.3 Å². The monoisotopic (exact) mass is 230 g/mol. The number of hydrogen-bond acceptors (Lipinski definition) is 3. The molecule has 16 heavy (non-hydrogen) atoms. The third kappa shape index (κ3) is 3.08.